The van der Waals surface area contributed by atoms with Gasteiger partial charge in [-0.15, -0.1) is 0 Å². The van der Waals surface area contributed by atoms with Crippen LogP contribution in [-0.4, -0.2) is 0 Å². The van der Waals surface area contributed by atoms with E-state index in [2.05, 4.69) is 0 Å². The van der Waals surface area contributed by atoms with E-state index < -0.39 is 28.9 Å². The minimum atomic E-state index is -1.50. The van der Waals surface area contributed by atoms with Gasteiger partial charge in [0, 0.05) is 11.6 Å². The van der Waals surface area contributed by atoms with E-state index in [1.54, 1.807) is 0 Å². The molecule has 0 amide bonds. The molecule has 0 aliphatic carbocycles. The molecule has 0 saturated carbocycles. The lowest BCUT2D eigenvalue weighted by molar-refractivity contribution is 0.485. The number of nitrogens with zero attached hydrogens (tertiary/aromatic N) is 2. The number of rotatable bonds is 1. The Morgan fingerprint density at radius 2 is 1.64 bits per heavy atom. The van der Waals surface area contributed by atoms with E-state index in [9.17, 15) is 13.2 Å². The number of benzene rings is 1. The molecule has 14 heavy (non-hydrogen) atoms. The molecule has 0 atom stereocenters. The van der Waals surface area contributed by atoms with Crippen LogP contribution in [0, 0.1) is 40.1 Å². The molecular weight excluding hydrogens is 193 g/mol. The third-order valence-electron chi connectivity index (χ3n) is 1.59. The SMILES string of the molecule is N#CC(C#N)c1cc(F)cc(F)c1F. The van der Waals surface area contributed by atoms with E-state index in [4.69, 9.17) is 10.5 Å². The fraction of sp³-hybridized carbons (Fsp3) is 0.111. The molecule has 0 saturated heterocycles. The van der Waals surface area contributed by atoms with Gasteiger partial charge >= 0.3 is 0 Å². The largest absolute Gasteiger partial charge is 0.207 e. The summed E-state index contributed by atoms with van der Waals surface area (Å²) in [5.41, 5.74) is -0.576. The van der Waals surface area contributed by atoms with Crippen LogP contribution >= 0.6 is 0 Å². The molecule has 0 radical (unpaired) electrons. The molecule has 0 unspecified atom stereocenters. The highest BCUT2D eigenvalue weighted by molar-refractivity contribution is 5.33. The highest BCUT2D eigenvalue weighted by atomic mass is 19.2. The summed E-state index contributed by atoms with van der Waals surface area (Å²) in [5, 5.41) is 16.8. The summed E-state index contributed by atoms with van der Waals surface area (Å²) in [7, 11) is 0. The Hall–Kier alpha value is -2.01. The van der Waals surface area contributed by atoms with E-state index in [1.165, 1.54) is 12.1 Å². The van der Waals surface area contributed by atoms with Crippen molar-refractivity contribution in [1.29, 1.82) is 10.5 Å². The smallest absolute Gasteiger partial charge is 0.164 e. The van der Waals surface area contributed by atoms with Crippen LogP contribution in [0.2, 0.25) is 0 Å². The first kappa shape index (κ1) is 10.1. The molecule has 0 heterocycles. The van der Waals surface area contributed by atoms with Crippen molar-refractivity contribution in [3.8, 4) is 12.1 Å². The summed E-state index contributed by atoms with van der Waals surface area (Å²) in [6, 6.07) is 3.84. The first-order valence-electron chi connectivity index (χ1n) is 3.53. The molecule has 0 bridgehead atoms. The van der Waals surface area contributed by atoms with Crippen LogP contribution in [-0.2, 0) is 0 Å². The molecule has 0 aliphatic heterocycles. The first-order chi connectivity index (χ1) is 6.60. The highest BCUT2D eigenvalue weighted by Gasteiger charge is 2.19. The van der Waals surface area contributed by atoms with Crippen LogP contribution < -0.4 is 0 Å². The van der Waals surface area contributed by atoms with Crippen molar-refractivity contribution >= 4 is 0 Å². The van der Waals surface area contributed by atoms with Crippen molar-refractivity contribution in [3.05, 3.63) is 35.1 Å². The Morgan fingerprint density at radius 3 is 2.14 bits per heavy atom. The molecule has 0 N–H and O–H groups in total. The zero-order chi connectivity index (χ0) is 10.7. The molecule has 1 aromatic rings. The summed E-state index contributed by atoms with van der Waals surface area (Å²) in [4.78, 5) is 0. The second-order valence-corrected chi connectivity index (χ2v) is 2.48. The maximum atomic E-state index is 13.0. The summed E-state index contributed by atoms with van der Waals surface area (Å²) in [5.74, 6) is -5.29. The summed E-state index contributed by atoms with van der Waals surface area (Å²) in [6.45, 7) is 0. The van der Waals surface area contributed by atoms with Gasteiger partial charge in [0.05, 0.1) is 12.1 Å². The number of hydrogen-bond donors (Lipinski definition) is 0. The lowest BCUT2D eigenvalue weighted by Crippen LogP contribution is -2.00. The van der Waals surface area contributed by atoms with Crippen molar-refractivity contribution in [2.24, 2.45) is 0 Å². The van der Waals surface area contributed by atoms with Crippen LogP contribution in [0.4, 0.5) is 13.2 Å². The molecule has 0 aromatic heterocycles. The predicted molar refractivity (Wildman–Crippen MR) is 40.3 cm³/mol. The normalized spacial score (nSPS) is 9.57. The topological polar surface area (TPSA) is 47.6 Å². The minimum absolute atomic E-state index is 0.352. The molecule has 70 valence electrons. The number of hydrogen-bond acceptors (Lipinski definition) is 2. The Bertz CT molecular complexity index is 429. The van der Waals surface area contributed by atoms with Crippen molar-refractivity contribution in [2.45, 2.75) is 5.92 Å². The van der Waals surface area contributed by atoms with Crippen molar-refractivity contribution in [2.75, 3.05) is 0 Å². The maximum Gasteiger partial charge on any atom is 0.164 e. The molecule has 2 nitrogen and oxygen atoms in total. The average Bonchev–Trinajstić information content (AvgIpc) is 2.15. The molecule has 1 rings (SSSR count). The summed E-state index contributed by atoms with van der Waals surface area (Å²) >= 11 is 0. The molecule has 1 aromatic carbocycles. The van der Waals surface area contributed by atoms with Gasteiger partial charge in [-0.1, -0.05) is 0 Å². The van der Waals surface area contributed by atoms with Crippen LogP contribution in [0.15, 0.2) is 12.1 Å². The van der Waals surface area contributed by atoms with Gasteiger partial charge in [-0.25, -0.2) is 13.2 Å². The van der Waals surface area contributed by atoms with Crippen molar-refractivity contribution in [3.63, 3.8) is 0 Å². The molecular formula is C9H3F3N2. The van der Waals surface area contributed by atoms with Gasteiger partial charge in [-0.2, -0.15) is 10.5 Å². The minimum Gasteiger partial charge on any atom is -0.207 e. The van der Waals surface area contributed by atoms with Crippen molar-refractivity contribution in [1.82, 2.24) is 0 Å². The fourth-order valence-electron chi connectivity index (χ4n) is 0.954. The lowest BCUT2D eigenvalue weighted by atomic mass is 10.0. The van der Waals surface area contributed by atoms with E-state index in [-0.39, 0.29) is 0 Å². The second kappa shape index (κ2) is 3.80. The molecule has 0 spiro atoms. The average molecular weight is 196 g/mol. The Morgan fingerprint density at radius 1 is 1.07 bits per heavy atom. The third kappa shape index (κ3) is 1.67. The second-order valence-electron chi connectivity index (χ2n) is 2.48. The maximum absolute atomic E-state index is 13.0. The molecule has 0 aliphatic rings. The third-order valence-corrected chi connectivity index (χ3v) is 1.59. The highest BCUT2D eigenvalue weighted by Crippen LogP contribution is 2.21. The fourth-order valence-corrected chi connectivity index (χ4v) is 0.954. The first-order valence-corrected chi connectivity index (χ1v) is 3.53. The van der Waals surface area contributed by atoms with Gasteiger partial charge in [0.1, 0.15) is 5.82 Å². The van der Waals surface area contributed by atoms with Gasteiger partial charge < -0.3 is 0 Å². The van der Waals surface area contributed by atoms with Gasteiger partial charge in [0.15, 0.2) is 17.6 Å². The van der Waals surface area contributed by atoms with Gasteiger partial charge in [-0.3, -0.25) is 0 Å². The van der Waals surface area contributed by atoms with E-state index >= 15 is 0 Å². The van der Waals surface area contributed by atoms with E-state index in [0.717, 1.165) is 0 Å². The molecule has 5 heteroatoms. The Kier molecular flexibility index (Phi) is 2.73. The Balaban J connectivity index is 3.36. The quantitative estimate of drug-likeness (QED) is 0.646. The van der Waals surface area contributed by atoms with E-state index in [1.807, 2.05) is 0 Å². The van der Waals surface area contributed by atoms with E-state index in [0.29, 0.717) is 12.1 Å². The zero-order valence-electron chi connectivity index (χ0n) is 6.76. The molecule has 0 fully saturated rings. The summed E-state index contributed by atoms with van der Waals surface area (Å²) in [6.07, 6.45) is 0. The van der Waals surface area contributed by atoms with Crippen LogP contribution in [0.25, 0.3) is 0 Å². The zero-order valence-corrected chi connectivity index (χ0v) is 6.76. The lowest BCUT2D eigenvalue weighted by Gasteiger charge is -2.03. The summed E-state index contributed by atoms with van der Waals surface area (Å²) < 4.78 is 38.2. The van der Waals surface area contributed by atoms with Gasteiger partial charge in [-0.05, 0) is 6.07 Å². The number of halogens is 3. The monoisotopic (exact) mass is 196 g/mol. The van der Waals surface area contributed by atoms with Crippen LogP contribution in [0.1, 0.15) is 11.5 Å². The van der Waals surface area contributed by atoms with Gasteiger partial charge in [0.25, 0.3) is 0 Å². The standard InChI is InChI=1S/C9H3F3N2/c10-6-1-7(5(3-13)4-14)9(12)8(11)2-6/h1-2,5H. The van der Waals surface area contributed by atoms with Crippen molar-refractivity contribution < 1.29 is 13.2 Å². The van der Waals surface area contributed by atoms with Crippen LogP contribution in [0.3, 0.4) is 0 Å². The van der Waals surface area contributed by atoms with Gasteiger partial charge in [0.2, 0.25) is 0 Å². The number of nitriles is 2. The predicted octanol–water partition coefficient (Wildman–Crippen LogP) is 2.23. The Labute approximate surface area is 77.8 Å². The van der Waals surface area contributed by atoms with Crippen LogP contribution in [0.5, 0.6) is 0 Å².